The van der Waals surface area contributed by atoms with Crippen molar-refractivity contribution in [2.75, 3.05) is 26.9 Å². The highest BCUT2D eigenvalue weighted by Gasteiger charge is 2.64. The molecule has 15 nitrogen and oxygen atoms in total. The Kier molecular flexibility index (Phi) is 11.4. The summed E-state index contributed by atoms with van der Waals surface area (Å²) in [7, 11) is 1.28. The lowest BCUT2D eigenvalue weighted by Crippen LogP contribution is -2.69. The number of nitrogens with one attached hydrogen (secondary N) is 3. The number of methoxy groups -OCH3 is 1. The summed E-state index contributed by atoms with van der Waals surface area (Å²) in [5.74, 6) is 7.98. The first-order chi connectivity index (χ1) is 31.6. The van der Waals surface area contributed by atoms with E-state index in [4.69, 9.17) is 19.4 Å². The molecule has 5 N–H and O–H groups in total. The molecule has 1 aliphatic carbocycles. The number of carbonyl (C=O) groups is 3. The fourth-order valence-corrected chi connectivity index (χ4v) is 10.9. The number of H-pyrrole nitrogens is 2. The Hall–Kier alpha value is -6.57. The van der Waals surface area contributed by atoms with Gasteiger partial charge in [0.15, 0.2) is 6.04 Å². The lowest BCUT2D eigenvalue weighted by Gasteiger charge is -2.45. The van der Waals surface area contributed by atoms with Gasteiger partial charge < -0.3 is 34.8 Å². The molecule has 7 atom stereocenters. The second-order valence-corrected chi connectivity index (χ2v) is 17.9. The maximum absolute atomic E-state index is 13.9. The fourth-order valence-electron chi connectivity index (χ4n) is 10.9. The summed E-state index contributed by atoms with van der Waals surface area (Å²) in [4.78, 5) is 57.8. The first-order valence-corrected chi connectivity index (χ1v) is 22.6. The molecule has 3 aliphatic heterocycles. The van der Waals surface area contributed by atoms with Crippen molar-refractivity contribution < 1.29 is 38.9 Å². The van der Waals surface area contributed by atoms with Gasteiger partial charge in [-0.2, -0.15) is 10.0 Å². The molecule has 4 unspecified atom stereocenters. The molecule has 10 rings (SSSR count). The molecular formula is C50H53N8O7+. The van der Waals surface area contributed by atoms with Crippen LogP contribution in [0, 0.1) is 23.7 Å². The molecule has 4 aliphatic rings. The van der Waals surface area contributed by atoms with Gasteiger partial charge in [0.05, 0.1) is 42.1 Å². The Balaban J connectivity index is 0.846. The van der Waals surface area contributed by atoms with Crippen molar-refractivity contribution in [1.29, 1.82) is 0 Å². The molecule has 4 aromatic carbocycles. The molecule has 0 spiro atoms. The van der Waals surface area contributed by atoms with Crippen molar-refractivity contribution >= 4 is 39.9 Å². The molecule has 5 heterocycles. The van der Waals surface area contributed by atoms with E-state index >= 15 is 0 Å². The van der Waals surface area contributed by atoms with Gasteiger partial charge >= 0.3 is 12.2 Å². The predicted molar refractivity (Wildman–Crippen MR) is 241 cm³/mol. The quantitative estimate of drug-likeness (QED) is 0.0409. The summed E-state index contributed by atoms with van der Waals surface area (Å²) in [5, 5.41) is 29.4. The average molecular weight is 878 g/mol. The summed E-state index contributed by atoms with van der Waals surface area (Å²) in [6.07, 6.45) is 5.46. The summed E-state index contributed by atoms with van der Waals surface area (Å²) >= 11 is 0. The normalized spacial score (nSPS) is 22.9. The van der Waals surface area contributed by atoms with Crippen molar-refractivity contribution in [1.82, 2.24) is 35.2 Å². The van der Waals surface area contributed by atoms with Crippen LogP contribution in [0.1, 0.15) is 98.3 Å². The number of likely N-dealkylation sites (tertiary alicyclic amines) is 1. The topological polar surface area (TPSA) is 186 Å². The van der Waals surface area contributed by atoms with Gasteiger partial charge in [-0.1, -0.05) is 71.4 Å². The van der Waals surface area contributed by atoms with E-state index in [0.29, 0.717) is 49.8 Å². The SMILES string of the molecule is COC(=O)NC(C(=O)N1CCCC1c1ncc(-c2ccc(C#Cc3ccc4c(ccc5[nH]c([C@@H]6[C@H]7CC[C@H](C7)N6[N+](O)(C(=O)O)C(C)C6CCOCC6)nc54)c3)cc2)[nH]1)c1ccccc1. The molecule has 2 aromatic heterocycles. The molecule has 4 fully saturated rings. The number of piperidine rings is 1. The van der Waals surface area contributed by atoms with E-state index in [1.807, 2.05) is 84.7 Å². The Bertz CT molecular complexity index is 2810. The molecule has 3 saturated heterocycles. The van der Waals surface area contributed by atoms with E-state index in [2.05, 4.69) is 39.3 Å². The molecule has 15 heteroatoms. The third-order valence-electron chi connectivity index (χ3n) is 14.3. The van der Waals surface area contributed by atoms with E-state index in [-0.39, 0.29) is 35.9 Å². The number of rotatable bonds is 9. The highest BCUT2D eigenvalue weighted by molar-refractivity contribution is 6.04. The second-order valence-electron chi connectivity index (χ2n) is 17.9. The zero-order valence-electron chi connectivity index (χ0n) is 36.4. The number of benzene rings is 4. The van der Waals surface area contributed by atoms with Crippen molar-refractivity contribution in [2.45, 2.75) is 82.1 Å². The Labute approximate surface area is 376 Å². The van der Waals surface area contributed by atoms with E-state index in [1.165, 1.54) is 7.11 Å². The van der Waals surface area contributed by atoms with E-state index in [0.717, 1.165) is 76.3 Å². The number of carbonyl (C=O) groups excluding carboxylic acids is 2. The Morgan fingerprint density at radius 1 is 0.923 bits per heavy atom. The zero-order chi connectivity index (χ0) is 44.8. The number of quaternary nitrogens is 1. The van der Waals surface area contributed by atoms with E-state index in [1.54, 1.807) is 11.1 Å². The van der Waals surface area contributed by atoms with Gasteiger partial charge in [-0.05, 0) is 109 Å². The number of ether oxygens (including phenoxy) is 2. The van der Waals surface area contributed by atoms with Crippen LogP contribution < -0.4 is 5.32 Å². The first-order valence-electron chi connectivity index (χ1n) is 22.6. The van der Waals surface area contributed by atoms with Crippen LogP contribution in [0.4, 0.5) is 9.59 Å². The highest BCUT2D eigenvalue weighted by atomic mass is 16.7. The van der Waals surface area contributed by atoms with Gasteiger partial charge in [0, 0.05) is 42.2 Å². The number of hydrogen-bond acceptors (Lipinski definition) is 9. The number of aromatic nitrogens is 4. The van der Waals surface area contributed by atoms with Crippen molar-refractivity contribution in [2.24, 2.45) is 11.8 Å². The second kappa shape index (κ2) is 17.4. The number of carboxylic acid groups (broad SMARTS) is 1. The van der Waals surface area contributed by atoms with Crippen molar-refractivity contribution in [3.63, 3.8) is 0 Å². The van der Waals surface area contributed by atoms with Crippen LogP contribution in [-0.2, 0) is 14.3 Å². The van der Waals surface area contributed by atoms with Gasteiger partial charge in [-0.3, -0.25) is 4.79 Å². The van der Waals surface area contributed by atoms with Crippen LogP contribution >= 0.6 is 0 Å². The first kappa shape index (κ1) is 42.4. The van der Waals surface area contributed by atoms with E-state index < -0.39 is 29.0 Å². The number of hydroxylamine groups is 2. The number of hydrogen-bond donors (Lipinski definition) is 5. The molecule has 65 heavy (non-hydrogen) atoms. The highest BCUT2D eigenvalue weighted by Crippen LogP contribution is 2.53. The fraction of sp³-hybridized carbons (Fsp3) is 0.380. The summed E-state index contributed by atoms with van der Waals surface area (Å²) in [5.41, 5.74) is 5.80. The largest absolute Gasteiger partial charge is 0.568 e. The minimum Gasteiger partial charge on any atom is -0.453 e. The van der Waals surface area contributed by atoms with Crippen molar-refractivity contribution in [3.8, 4) is 23.1 Å². The van der Waals surface area contributed by atoms with Crippen molar-refractivity contribution in [3.05, 3.63) is 119 Å². The van der Waals surface area contributed by atoms with Crippen LogP contribution in [0.25, 0.3) is 33.1 Å². The van der Waals surface area contributed by atoms with Gasteiger partial charge in [0.2, 0.25) is 0 Å². The molecule has 1 saturated carbocycles. The lowest BCUT2D eigenvalue weighted by atomic mass is 9.92. The summed E-state index contributed by atoms with van der Waals surface area (Å²) < 4.78 is 9.26. The van der Waals surface area contributed by atoms with Crippen LogP contribution in [0.2, 0.25) is 0 Å². The number of amides is 3. The number of nitrogens with zero attached hydrogens (tertiary/aromatic N) is 5. The van der Waals surface area contributed by atoms with Crippen LogP contribution in [0.15, 0.2) is 91.1 Å². The molecule has 334 valence electrons. The smallest absolute Gasteiger partial charge is 0.453 e. The standard InChI is InChI=1S/C50H52N8O7/c1-30(33-22-25-65-26-23-33)58(63,50(61)62)57-38-19-17-37(28-38)45(57)47-52-40-21-18-36-27-32(14-20-39(36)44(40)54-47)11-10-31-12-15-34(16-13-31)41-29-51-46(53-41)42-9-6-24-56(42)48(59)43(55-49(60)64-2)35-7-4-3-5-8-35/h3-5,7-8,12-16,18,20-21,27,29-30,33,37-38,42-43,45,63H,6,9,17,19,22-26,28H2,1-2H3,(H3-,51,52,53,54,55,60,61,62)/p+1/t30?,37-,38+,42?,43?,45-,58?/m0/s1. The maximum atomic E-state index is 13.9. The molecular weight excluding hydrogens is 825 g/mol. The number of fused-ring (bicyclic) bond motifs is 5. The van der Waals surface area contributed by atoms with Crippen LogP contribution in [-0.4, -0.2) is 102 Å². The van der Waals surface area contributed by atoms with Gasteiger partial charge in [-0.25, -0.2) is 14.8 Å². The number of imidazole rings is 2. The Morgan fingerprint density at radius 2 is 1.69 bits per heavy atom. The lowest BCUT2D eigenvalue weighted by molar-refractivity contribution is -1.15. The minimum absolute atomic E-state index is 0.0201. The Morgan fingerprint density at radius 3 is 2.46 bits per heavy atom. The third kappa shape index (κ3) is 7.80. The molecule has 6 aromatic rings. The van der Waals surface area contributed by atoms with Crippen LogP contribution in [0.5, 0.6) is 0 Å². The molecule has 2 bridgehead atoms. The van der Waals surface area contributed by atoms with Gasteiger partial charge in [-0.15, -0.1) is 0 Å². The van der Waals surface area contributed by atoms with Gasteiger partial charge in [0.1, 0.15) is 23.7 Å². The van der Waals surface area contributed by atoms with E-state index in [9.17, 15) is 24.7 Å². The number of alkyl carbamates (subject to hydrolysis) is 1. The molecule has 3 amide bonds. The van der Waals surface area contributed by atoms with Crippen LogP contribution in [0.3, 0.4) is 0 Å². The monoisotopic (exact) mass is 877 g/mol. The zero-order valence-corrected chi connectivity index (χ0v) is 36.4. The van der Waals surface area contributed by atoms with Gasteiger partial charge in [0.25, 0.3) is 5.91 Å². The maximum Gasteiger partial charge on any atom is 0.568 e. The minimum atomic E-state index is -1.26. The third-order valence-corrected chi connectivity index (χ3v) is 14.3. The predicted octanol–water partition coefficient (Wildman–Crippen LogP) is 8.41. The summed E-state index contributed by atoms with van der Waals surface area (Å²) in [6.45, 7) is 3.55. The average Bonchev–Trinajstić information content (AvgIpc) is 4.21. The summed E-state index contributed by atoms with van der Waals surface area (Å²) in [6, 6.07) is 25.1. The molecule has 0 radical (unpaired) electrons. The number of aromatic amines is 2.